The molecule has 0 saturated carbocycles. The van der Waals surface area contributed by atoms with Crippen LogP contribution in [0.2, 0.25) is 0 Å². The topological polar surface area (TPSA) is 35.2 Å². The Labute approximate surface area is 91.9 Å². The Balaban J connectivity index is 0.00000169. The molecule has 0 saturated heterocycles. The van der Waals surface area contributed by atoms with E-state index in [1.165, 1.54) is 11.1 Å². The Morgan fingerprint density at radius 2 is 1.79 bits per heavy atom. The molecule has 1 aromatic rings. The number of hydrogen-bond donors (Lipinski definition) is 1. The minimum Gasteiger partial charge on any atom is -1.00 e. The summed E-state index contributed by atoms with van der Waals surface area (Å²) in [6.07, 6.45) is 0. The third kappa shape index (κ3) is 3.56. The highest BCUT2D eigenvalue weighted by Gasteiger charge is 2.03. The molecule has 1 rings (SSSR count). The minimum atomic E-state index is 0. The minimum absolute atomic E-state index is 0. The van der Waals surface area contributed by atoms with E-state index in [1.807, 2.05) is 39.0 Å². The summed E-state index contributed by atoms with van der Waals surface area (Å²) in [7, 11) is 0. The van der Waals surface area contributed by atoms with Gasteiger partial charge in [-0.05, 0) is 31.9 Å². The number of benzene rings is 1. The molecule has 0 bridgehead atoms. The average Bonchev–Trinajstić information content (AvgIpc) is 2.03. The Morgan fingerprint density at radius 3 is 2.21 bits per heavy atom. The van der Waals surface area contributed by atoms with Gasteiger partial charge in [-0.3, -0.25) is 0 Å². The second-order valence-corrected chi connectivity index (χ2v) is 3.51. The maximum atomic E-state index is 5.62. The van der Waals surface area contributed by atoms with E-state index in [-0.39, 0.29) is 18.4 Å². The number of hydrogen-bond acceptors (Lipinski definition) is 2. The van der Waals surface area contributed by atoms with Gasteiger partial charge in [0.25, 0.3) is 0 Å². The lowest BCUT2D eigenvalue weighted by Gasteiger charge is -2.13. The van der Waals surface area contributed by atoms with E-state index in [0.717, 1.165) is 5.75 Å². The van der Waals surface area contributed by atoms with Crippen molar-refractivity contribution in [3.05, 3.63) is 29.3 Å². The molecule has 0 aliphatic rings. The normalized spacial score (nSPS) is 11.7. The van der Waals surface area contributed by atoms with Gasteiger partial charge < -0.3 is 22.9 Å². The van der Waals surface area contributed by atoms with E-state index >= 15 is 0 Å². The number of ether oxygens (including phenoxy) is 1. The van der Waals surface area contributed by atoms with Crippen LogP contribution in [0.25, 0.3) is 0 Å². The van der Waals surface area contributed by atoms with Gasteiger partial charge in [0, 0.05) is 6.04 Å². The number of nitrogens with two attached hydrogens (primary N) is 1. The molecule has 0 aromatic heterocycles. The number of para-hydroxylation sites is 1. The predicted molar refractivity (Wildman–Crippen MR) is 55.1 cm³/mol. The first-order valence-corrected chi connectivity index (χ1v) is 4.56. The zero-order valence-corrected chi connectivity index (χ0v) is 9.64. The molecule has 1 atom stereocenters. The zero-order chi connectivity index (χ0) is 9.84. The summed E-state index contributed by atoms with van der Waals surface area (Å²) in [6.45, 7) is 6.60. The van der Waals surface area contributed by atoms with Crippen LogP contribution < -0.4 is 22.9 Å². The smallest absolute Gasteiger partial charge is 0.125 e. The first-order valence-electron chi connectivity index (χ1n) is 4.56. The van der Waals surface area contributed by atoms with Crippen molar-refractivity contribution in [3.8, 4) is 5.75 Å². The van der Waals surface area contributed by atoms with Crippen LogP contribution >= 0.6 is 0 Å². The molecule has 1 unspecified atom stereocenters. The second-order valence-electron chi connectivity index (χ2n) is 3.51. The zero-order valence-electron chi connectivity index (χ0n) is 8.88. The van der Waals surface area contributed by atoms with Crippen molar-refractivity contribution in [1.82, 2.24) is 0 Å². The van der Waals surface area contributed by atoms with Crippen molar-refractivity contribution < 1.29 is 17.1 Å². The fourth-order valence-corrected chi connectivity index (χ4v) is 1.24. The molecule has 0 fully saturated rings. The van der Waals surface area contributed by atoms with Gasteiger partial charge in [-0.25, -0.2) is 0 Å². The van der Waals surface area contributed by atoms with Crippen molar-refractivity contribution in [2.75, 3.05) is 6.61 Å². The van der Waals surface area contributed by atoms with Crippen LogP contribution in [0.15, 0.2) is 18.2 Å². The average molecular weight is 215 g/mol. The lowest BCUT2D eigenvalue weighted by atomic mass is 10.1. The van der Waals surface area contributed by atoms with E-state index in [0.29, 0.717) is 6.61 Å². The van der Waals surface area contributed by atoms with Crippen LogP contribution in [-0.2, 0) is 0 Å². The predicted octanol–water partition coefficient (Wildman–Crippen LogP) is -0.967. The van der Waals surface area contributed by atoms with E-state index in [2.05, 4.69) is 0 Å². The molecule has 2 nitrogen and oxygen atoms in total. The van der Waals surface area contributed by atoms with Gasteiger partial charge in [-0.15, -0.1) is 0 Å². The highest BCUT2D eigenvalue weighted by Crippen LogP contribution is 2.22. The fourth-order valence-electron chi connectivity index (χ4n) is 1.24. The molecule has 3 heteroatoms. The van der Waals surface area contributed by atoms with Crippen LogP contribution in [0.5, 0.6) is 5.75 Å². The number of halogens is 1. The molecule has 0 aliphatic carbocycles. The molecule has 2 N–H and O–H groups in total. The van der Waals surface area contributed by atoms with Gasteiger partial charge >= 0.3 is 0 Å². The molecule has 80 valence electrons. The van der Waals surface area contributed by atoms with Gasteiger partial charge in [0.05, 0.1) is 0 Å². The molecule has 0 radical (unpaired) electrons. The molecule has 1 aromatic carbocycles. The largest absolute Gasteiger partial charge is 1.00 e. The lowest BCUT2D eigenvalue weighted by Crippen LogP contribution is -3.00. The standard InChI is InChI=1S/C11H17NO.ClH/c1-8-5-4-6-9(2)11(8)13-7-10(3)12;/h4-6,10H,7,12H2,1-3H3;1H/p-1. The summed E-state index contributed by atoms with van der Waals surface area (Å²) >= 11 is 0. The summed E-state index contributed by atoms with van der Waals surface area (Å²) < 4.78 is 5.60. The van der Waals surface area contributed by atoms with Crippen LogP contribution in [0.3, 0.4) is 0 Å². The van der Waals surface area contributed by atoms with E-state index in [4.69, 9.17) is 10.5 Å². The third-order valence-corrected chi connectivity index (χ3v) is 1.90. The summed E-state index contributed by atoms with van der Waals surface area (Å²) in [5.74, 6) is 0.972. The number of rotatable bonds is 3. The molecule has 0 aliphatic heterocycles. The maximum absolute atomic E-state index is 5.62. The highest BCUT2D eigenvalue weighted by atomic mass is 35.5. The van der Waals surface area contributed by atoms with Gasteiger partial charge in [0.2, 0.25) is 0 Å². The molecule has 0 spiro atoms. The van der Waals surface area contributed by atoms with Crippen molar-refractivity contribution in [1.29, 1.82) is 0 Å². The van der Waals surface area contributed by atoms with Crippen molar-refractivity contribution in [2.45, 2.75) is 26.8 Å². The van der Waals surface area contributed by atoms with Crippen LogP contribution in [0, 0.1) is 13.8 Å². The monoisotopic (exact) mass is 214 g/mol. The maximum Gasteiger partial charge on any atom is 0.125 e. The van der Waals surface area contributed by atoms with Crippen LogP contribution in [0.4, 0.5) is 0 Å². The van der Waals surface area contributed by atoms with Gasteiger partial charge in [0.1, 0.15) is 12.4 Å². The Bertz CT molecular complexity index is 266. The van der Waals surface area contributed by atoms with Gasteiger partial charge in [-0.2, -0.15) is 0 Å². The van der Waals surface area contributed by atoms with E-state index in [1.54, 1.807) is 0 Å². The summed E-state index contributed by atoms with van der Waals surface area (Å²) in [6, 6.07) is 6.20. The van der Waals surface area contributed by atoms with Crippen molar-refractivity contribution in [2.24, 2.45) is 5.73 Å². The Morgan fingerprint density at radius 1 is 1.29 bits per heavy atom. The lowest BCUT2D eigenvalue weighted by molar-refractivity contribution is -0.00000330. The Kier molecular flexibility index (Phi) is 5.58. The van der Waals surface area contributed by atoms with Gasteiger partial charge in [0.15, 0.2) is 0 Å². The summed E-state index contributed by atoms with van der Waals surface area (Å²) in [5, 5.41) is 0. The van der Waals surface area contributed by atoms with E-state index < -0.39 is 0 Å². The fraction of sp³-hybridized carbons (Fsp3) is 0.455. The molecular formula is C11H17ClNO-. The molecule has 0 heterocycles. The van der Waals surface area contributed by atoms with Crippen LogP contribution in [0.1, 0.15) is 18.1 Å². The highest BCUT2D eigenvalue weighted by molar-refractivity contribution is 5.39. The molecular weight excluding hydrogens is 198 g/mol. The molecule has 0 amide bonds. The first kappa shape index (κ1) is 13.3. The quantitative estimate of drug-likeness (QED) is 0.703. The van der Waals surface area contributed by atoms with Crippen molar-refractivity contribution in [3.63, 3.8) is 0 Å². The van der Waals surface area contributed by atoms with Gasteiger partial charge in [-0.1, -0.05) is 18.2 Å². The SMILES string of the molecule is Cc1cccc(C)c1OCC(C)N.[Cl-]. The first-order chi connectivity index (χ1) is 6.11. The molecule has 14 heavy (non-hydrogen) atoms. The summed E-state index contributed by atoms with van der Waals surface area (Å²) in [4.78, 5) is 0. The number of aryl methyl sites for hydroxylation is 2. The van der Waals surface area contributed by atoms with E-state index in [9.17, 15) is 0 Å². The van der Waals surface area contributed by atoms with Crippen LogP contribution in [-0.4, -0.2) is 12.6 Å². The summed E-state index contributed by atoms with van der Waals surface area (Å²) in [5.41, 5.74) is 7.95. The third-order valence-electron chi connectivity index (χ3n) is 1.90. The van der Waals surface area contributed by atoms with Crippen molar-refractivity contribution >= 4 is 0 Å². The second kappa shape index (κ2) is 5.89. The Hall–Kier alpha value is -0.730.